The van der Waals surface area contributed by atoms with Crippen LogP contribution in [0.3, 0.4) is 0 Å². The number of nitriles is 1. The lowest BCUT2D eigenvalue weighted by atomic mass is 9.93. The first kappa shape index (κ1) is 20.9. The molecule has 2 radical (unpaired) electrons. The highest BCUT2D eigenvalue weighted by Gasteiger charge is 2.14. The van der Waals surface area contributed by atoms with E-state index in [1.54, 1.807) is 10.7 Å². The zero-order valence-corrected chi connectivity index (χ0v) is 17.5. The number of benzene rings is 1. The highest BCUT2D eigenvalue weighted by atomic mass is 15.2. The molecule has 0 bridgehead atoms. The Morgan fingerprint density at radius 1 is 1.17 bits per heavy atom. The summed E-state index contributed by atoms with van der Waals surface area (Å²) in [4.78, 5) is 2.44. The van der Waals surface area contributed by atoms with Gasteiger partial charge in [-0.25, -0.2) is 4.52 Å². The van der Waals surface area contributed by atoms with Crippen LogP contribution in [0.25, 0.3) is 22.2 Å². The van der Waals surface area contributed by atoms with Crippen LogP contribution >= 0.6 is 0 Å². The van der Waals surface area contributed by atoms with Crippen molar-refractivity contribution in [2.45, 2.75) is 33.5 Å². The van der Waals surface area contributed by atoms with Gasteiger partial charge in [-0.2, -0.15) is 10.4 Å². The largest absolute Gasteiger partial charge is 0.300 e. The molecule has 3 aromatic rings. The Morgan fingerprint density at radius 3 is 2.48 bits per heavy atom. The van der Waals surface area contributed by atoms with Gasteiger partial charge in [0.05, 0.1) is 25.1 Å². The van der Waals surface area contributed by atoms with Crippen molar-refractivity contribution in [3.05, 3.63) is 65.5 Å². The van der Waals surface area contributed by atoms with Crippen molar-refractivity contribution in [2.24, 2.45) is 0 Å². The monoisotopic (exact) mass is 382 g/mol. The molecule has 0 saturated carbocycles. The van der Waals surface area contributed by atoms with E-state index in [1.807, 2.05) is 20.0 Å². The van der Waals surface area contributed by atoms with Gasteiger partial charge in [0.15, 0.2) is 0 Å². The molecule has 146 valence electrons. The third-order valence-electron chi connectivity index (χ3n) is 5.33. The van der Waals surface area contributed by atoms with Crippen LogP contribution < -0.4 is 0 Å². The van der Waals surface area contributed by atoms with Gasteiger partial charge in [-0.3, -0.25) is 4.90 Å². The molecule has 0 amide bonds. The summed E-state index contributed by atoms with van der Waals surface area (Å²) in [7, 11) is 5.85. The summed E-state index contributed by atoms with van der Waals surface area (Å²) in [5.41, 5.74) is 7.15. The van der Waals surface area contributed by atoms with E-state index in [2.05, 4.69) is 59.4 Å². The summed E-state index contributed by atoms with van der Waals surface area (Å²) >= 11 is 0. The lowest BCUT2D eigenvalue weighted by Gasteiger charge is -2.25. The second-order valence-corrected chi connectivity index (χ2v) is 6.88. The molecule has 2 aromatic heterocycles. The molecule has 0 N–H and O–H groups in total. The van der Waals surface area contributed by atoms with Crippen molar-refractivity contribution >= 4 is 18.9 Å². The first-order valence-corrected chi connectivity index (χ1v) is 10.4. The molecular formula is C24H27BN4. The first-order valence-electron chi connectivity index (χ1n) is 10.4. The number of fused-ring (bicyclic) bond motifs is 1. The number of likely N-dealkylation sites (N-methyl/N-ethyl adjacent to an activating group) is 1. The van der Waals surface area contributed by atoms with Crippen LogP contribution in [0.2, 0.25) is 0 Å². The van der Waals surface area contributed by atoms with Crippen molar-refractivity contribution in [3.8, 4) is 17.2 Å². The smallest absolute Gasteiger partial charge is 0.103 e. The second kappa shape index (κ2) is 9.58. The lowest BCUT2D eigenvalue weighted by Crippen LogP contribution is -2.27. The molecule has 4 nitrogen and oxygen atoms in total. The van der Waals surface area contributed by atoms with E-state index < -0.39 is 0 Å². The molecule has 0 spiro atoms. The van der Waals surface area contributed by atoms with Crippen LogP contribution in [0.15, 0.2) is 48.8 Å². The molecule has 0 unspecified atom stereocenters. The molecule has 4 rings (SSSR count). The SMILES string of the molecule is CC.[B]Cc1cc(-c2ccc(C3=CCN(CC)CC3)cc2)c2c(C#N)cnn2c1. The number of pyridine rings is 1. The Morgan fingerprint density at radius 2 is 1.90 bits per heavy atom. The van der Waals surface area contributed by atoms with E-state index in [1.165, 1.54) is 11.1 Å². The molecular weight excluding hydrogens is 355 g/mol. The molecule has 0 aliphatic carbocycles. The van der Waals surface area contributed by atoms with E-state index in [9.17, 15) is 5.26 Å². The van der Waals surface area contributed by atoms with Gasteiger partial charge in [0, 0.05) is 24.8 Å². The maximum Gasteiger partial charge on any atom is 0.103 e. The van der Waals surface area contributed by atoms with E-state index in [0.29, 0.717) is 11.9 Å². The van der Waals surface area contributed by atoms with E-state index in [4.69, 9.17) is 7.85 Å². The molecule has 29 heavy (non-hydrogen) atoms. The van der Waals surface area contributed by atoms with Gasteiger partial charge in [0.25, 0.3) is 0 Å². The third kappa shape index (κ3) is 4.28. The molecule has 0 fully saturated rings. The zero-order chi connectivity index (χ0) is 20.8. The molecule has 0 saturated heterocycles. The molecule has 1 aromatic carbocycles. The molecule has 1 aliphatic heterocycles. The third-order valence-corrected chi connectivity index (χ3v) is 5.33. The fraction of sp³-hybridized carbons (Fsp3) is 0.333. The molecule has 3 heterocycles. The first-order chi connectivity index (χ1) is 14.2. The second-order valence-electron chi connectivity index (χ2n) is 6.88. The fourth-order valence-corrected chi connectivity index (χ4v) is 3.71. The van der Waals surface area contributed by atoms with Gasteiger partial charge < -0.3 is 0 Å². The Labute approximate surface area is 174 Å². The summed E-state index contributed by atoms with van der Waals surface area (Å²) in [6, 6.07) is 12.9. The minimum Gasteiger partial charge on any atom is -0.300 e. The maximum absolute atomic E-state index is 9.44. The van der Waals surface area contributed by atoms with E-state index >= 15 is 0 Å². The normalized spacial score (nSPS) is 14.1. The van der Waals surface area contributed by atoms with Crippen LogP contribution in [0, 0.1) is 11.3 Å². The highest BCUT2D eigenvalue weighted by molar-refractivity contribution is 6.08. The number of nitrogens with zero attached hydrogens (tertiary/aromatic N) is 4. The van der Waals surface area contributed by atoms with Crippen molar-refractivity contribution < 1.29 is 0 Å². The minimum absolute atomic E-state index is 0.434. The van der Waals surface area contributed by atoms with Crippen LogP contribution in [0.1, 0.15) is 43.9 Å². The van der Waals surface area contributed by atoms with Crippen LogP contribution in [-0.2, 0) is 6.32 Å². The predicted octanol–water partition coefficient (Wildman–Crippen LogP) is 4.68. The number of rotatable bonds is 4. The standard InChI is InChI=1S/C22H21BN4.C2H6/c1-2-26-9-7-18(8-10-26)17-3-5-19(6-4-17)21-11-16(12-23)15-27-22(21)20(13-24)14-25-27;1-2/h3-7,11,14-15H,2,8-10,12H2,1H3;1-2H3. The predicted molar refractivity (Wildman–Crippen MR) is 121 cm³/mol. The van der Waals surface area contributed by atoms with Gasteiger partial charge in [-0.05, 0) is 41.3 Å². The quantitative estimate of drug-likeness (QED) is 0.616. The lowest BCUT2D eigenvalue weighted by molar-refractivity contribution is 0.319. The zero-order valence-electron chi connectivity index (χ0n) is 17.5. The summed E-state index contributed by atoms with van der Waals surface area (Å²) in [5, 5.41) is 13.8. The number of hydrogen-bond donors (Lipinski definition) is 0. The topological polar surface area (TPSA) is 44.3 Å². The Kier molecular flexibility index (Phi) is 6.90. The van der Waals surface area contributed by atoms with Gasteiger partial charge in [-0.1, -0.05) is 57.4 Å². The van der Waals surface area contributed by atoms with Crippen LogP contribution in [-0.4, -0.2) is 42.0 Å². The van der Waals surface area contributed by atoms with E-state index in [0.717, 1.165) is 48.3 Å². The summed E-state index contributed by atoms with van der Waals surface area (Å²) in [6.45, 7) is 9.44. The van der Waals surface area contributed by atoms with Gasteiger partial charge in [-0.15, -0.1) is 0 Å². The minimum atomic E-state index is 0.434. The molecule has 0 atom stereocenters. The van der Waals surface area contributed by atoms with Crippen LogP contribution in [0.5, 0.6) is 0 Å². The number of aromatic nitrogens is 2. The van der Waals surface area contributed by atoms with Crippen molar-refractivity contribution in [3.63, 3.8) is 0 Å². The highest BCUT2D eigenvalue weighted by Crippen LogP contribution is 2.30. The molecule has 1 aliphatic rings. The van der Waals surface area contributed by atoms with Crippen molar-refractivity contribution in [2.75, 3.05) is 19.6 Å². The summed E-state index contributed by atoms with van der Waals surface area (Å²) in [6.07, 6.45) is 7.35. The Balaban J connectivity index is 0.00000117. The van der Waals surface area contributed by atoms with Crippen molar-refractivity contribution in [1.29, 1.82) is 5.26 Å². The average Bonchev–Trinajstić information content (AvgIpc) is 3.23. The van der Waals surface area contributed by atoms with Crippen molar-refractivity contribution in [1.82, 2.24) is 14.5 Å². The van der Waals surface area contributed by atoms with Gasteiger partial charge in [0.1, 0.15) is 6.07 Å². The number of hydrogen-bond acceptors (Lipinski definition) is 3. The summed E-state index contributed by atoms with van der Waals surface area (Å²) < 4.78 is 1.76. The Bertz CT molecular complexity index is 1040. The molecule has 5 heteroatoms. The fourth-order valence-electron chi connectivity index (χ4n) is 3.71. The maximum atomic E-state index is 9.44. The summed E-state index contributed by atoms with van der Waals surface area (Å²) in [5.74, 6) is 0. The average molecular weight is 382 g/mol. The van der Waals surface area contributed by atoms with Gasteiger partial charge >= 0.3 is 0 Å². The Hall–Kier alpha value is -2.84. The van der Waals surface area contributed by atoms with E-state index in [-0.39, 0.29) is 0 Å². The van der Waals surface area contributed by atoms with Gasteiger partial charge in [0.2, 0.25) is 0 Å². The van der Waals surface area contributed by atoms with Crippen LogP contribution in [0.4, 0.5) is 0 Å².